The van der Waals surface area contributed by atoms with Gasteiger partial charge in [-0.1, -0.05) is 26.2 Å². The summed E-state index contributed by atoms with van der Waals surface area (Å²) in [5.41, 5.74) is 0. The van der Waals surface area contributed by atoms with Gasteiger partial charge in [-0.2, -0.15) is 0 Å². The normalized spacial score (nSPS) is 12.8. The number of rotatable bonds is 14. The van der Waals surface area contributed by atoms with E-state index in [1.54, 1.807) is 0 Å². The molecule has 0 rings (SSSR count). The summed E-state index contributed by atoms with van der Waals surface area (Å²) in [5, 5.41) is 3.56. The number of hydrogen-bond acceptors (Lipinski definition) is 1. The van der Waals surface area contributed by atoms with Gasteiger partial charge in [0.25, 0.3) is 0 Å². The maximum atomic E-state index is 4.02. The van der Waals surface area contributed by atoms with Crippen LogP contribution in [0.25, 0.3) is 0 Å². The molecule has 1 N–H and O–H groups in total. The predicted octanol–water partition coefficient (Wildman–Crippen LogP) is 5.24. The van der Waals surface area contributed by atoms with Crippen LogP contribution in [0.3, 0.4) is 0 Å². The summed E-state index contributed by atoms with van der Waals surface area (Å²) in [4.78, 5) is 0.635. The van der Waals surface area contributed by atoms with Crippen molar-refractivity contribution >= 4 is 0 Å². The number of hydrogen-bond donors (Lipinski definition) is 1. The summed E-state index contributed by atoms with van der Waals surface area (Å²) in [6.07, 6.45) is 15.2. The molecular weight excluding hydrogens is 262 g/mol. The molecule has 1 atom stereocenters. The van der Waals surface area contributed by atoms with E-state index in [1.165, 1.54) is 83.7 Å². The van der Waals surface area contributed by atoms with Crippen LogP contribution in [0.2, 0.25) is 4.82 Å². The van der Waals surface area contributed by atoms with E-state index in [2.05, 4.69) is 35.2 Å². The van der Waals surface area contributed by atoms with Gasteiger partial charge in [0.2, 0.25) is 0 Å². The van der Waals surface area contributed by atoms with E-state index in [-0.39, 0.29) is 0 Å². The molecule has 0 aliphatic carbocycles. The molecule has 0 saturated heterocycles. The molecular formula is C16H34FeN. The first kappa shape index (κ1) is 18.5. The summed E-state index contributed by atoms with van der Waals surface area (Å²) < 4.78 is 0. The van der Waals surface area contributed by atoms with Gasteiger partial charge in [0.1, 0.15) is 0 Å². The molecule has 0 aromatic rings. The van der Waals surface area contributed by atoms with Gasteiger partial charge in [0, 0.05) is 0 Å². The molecule has 0 aliphatic rings. The quantitative estimate of drug-likeness (QED) is 0.341. The van der Waals surface area contributed by atoms with Gasteiger partial charge in [-0.15, -0.1) is 0 Å². The molecule has 0 saturated carbocycles. The van der Waals surface area contributed by atoms with Gasteiger partial charge in [0.15, 0.2) is 0 Å². The van der Waals surface area contributed by atoms with Crippen LogP contribution in [0, 0.1) is 0 Å². The van der Waals surface area contributed by atoms with Crippen LogP contribution in [0.1, 0.15) is 84.5 Å². The second kappa shape index (κ2) is 15.5. The van der Waals surface area contributed by atoms with Gasteiger partial charge >= 0.3 is 97.5 Å². The molecule has 2 heteroatoms. The Morgan fingerprint density at radius 1 is 0.778 bits per heavy atom. The van der Waals surface area contributed by atoms with E-state index in [9.17, 15) is 0 Å². The molecule has 0 fully saturated rings. The second-order valence-electron chi connectivity index (χ2n) is 5.48. The molecule has 0 aromatic carbocycles. The third kappa shape index (κ3) is 16.5. The number of unbranched alkanes of at least 4 members (excludes halogenated alkanes) is 8. The molecule has 0 bridgehead atoms. The van der Waals surface area contributed by atoms with Crippen molar-refractivity contribution in [3.8, 4) is 0 Å². The first-order valence-electron chi connectivity index (χ1n) is 8.10. The fraction of sp³-hybridized carbons (Fsp3) is 1.00. The first-order chi connectivity index (χ1) is 8.77. The van der Waals surface area contributed by atoms with Crippen molar-refractivity contribution in [3.05, 3.63) is 0 Å². The zero-order valence-electron chi connectivity index (χ0n) is 12.6. The zero-order valence-corrected chi connectivity index (χ0v) is 13.7. The summed E-state index contributed by atoms with van der Waals surface area (Å²) in [7, 11) is 0. The zero-order chi connectivity index (χ0) is 13.5. The van der Waals surface area contributed by atoms with Crippen LogP contribution in [0.5, 0.6) is 0 Å². The Balaban J connectivity index is 2.90. The molecule has 1 unspecified atom stereocenters. The van der Waals surface area contributed by atoms with E-state index >= 15 is 0 Å². The molecule has 18 heavy (non-hydrogen) atoms. The van der Waals surface area contributed by atoms with E-state index in [4.69, 9.17) is 0 Å². The Kier molecular flexibility index (Phi) is 16.0. The molecule has 0 amide bonds. The van der Waals surface area contributed by atoms with Gasteiger partial charge in [-0.25, -0.2) is 0 Å². The SMILES string of the molecule is CCCCCCCCNCCCCCC[CH](C)[Fe]. The van der Waals surface area contributed by atoms with E-state index in [0.717, 1.165) is 0 Å². The molecule has 0 spiro atoms. The minimum atomic E-state index is 0.635. The van der Waals surface area contributed by atoms with Gasteiger partial charge in [-0.05, 0) is 0 Å². The molecule has 0 radical (unpaired) electrons. The minimum absolute atomic E-state index is 0.635. The van der Waals surface area contributed by atoms with Gasteiger partial charge in [-0.3, -0.25) is 0 Å². The van der Waals surface area contributed by atoms with Crippen molar-refractivity contribution in [1.82, 2.24) is 5.32 Å². The third-order valence-corrected chi connectivity index (χ3v) is 3.72. The Labute approximate surface area is 124 Å². The Morgan fingerprint density at radius 2 is 1.28 bits per heavy atom. The Bertz CT molecular complexity index is 148. The third-order valence-electron chi connectivity index (χ3n) is 3.41. The molecule has 0 aliphatic heterocycles. The fourth-order valence-electron chi connectivity index (χ4n) is 2.18. The summed E-state index contributed by atoms with van der Waals surface area (Å²) in [6, 6.07) is 0. The van der Waals surface area contributed by atoms with E-state index in [0.29, 0.717) is 4.82 Å². The van der Waals surface area contributed by atoms with Crippen LogP contribution in [0.15, 0.2) is 0 Å². The Morgan fingerprint density at radius 3 is 1.83 bits per heavy atom. The summed E-state index contributed by atoms with van der Waals surface area (Å²) >= 11 is 4.02. The molecule has 1 nitrogen and oxygen atoms in total. The monoisotopic (exact) mass is 296 g/mol. The topological polar surface area (TPSA) is 12.0 Å². The molecule has 0 heterocycles. The predicted molar refractivity (Wildman–Crippen MR) is 78.8 cm³/mol. The number of nitrogens with one attached hydrogen (secondary N) is 1. The van der Waals surface area contributed by atoms with Crippen LogP contribution < -0.4 is 5.32 Å². The van der Waals surface area contributed by atoms with Crippen molar-refractivity contribution in [2.24, 2.45) is 0 Å². The van der Waals surface area contributed by atoms with Crippen LogP contribution in [-0.2, 0) is 16.0 Å². The van der Waals surface area contributed by atoms with Crippen LogP contribution in [-0.4, -0.2) is 13.1 Å². The average Bonchev–Trinajstić information content (AvgIpc) is 2.34. The van der Waals surface area contributed by atoms with Gasteiger partial charge < -0.3 is 0 Å². The summed E-state index contributed by atoms with van der Waals surface area (Å²) in [5.74, 6) is 0. The van der Waals surface area contributed by atoms with Crippen LogP contribution >= 0.6 is 0 Å². The van der Waals surface area contributed by atoms with Crippen molar-refractivity contribution < 1.29 is 16.0 Å². The van der Waals surface area contributed by atoms with E-state index < -0.39 is 0 Å². The van der Waals surface area contributed by atoms with E-state index in [1.807, 2.05) is 0 Å². The fourth-order valence-corrected chi connectivity index (χ4v) is 2.40. The summed E-state index contributed by atoms with van der Waals surface area (Å²) in [6.45, 7) is 6.93. The van der Waals surface area contributed by atoms with Crippen molar-refractivity contribution in [1.29, 1.82) is 0 Å². The first-order valence-corrected chi connectivity index (χ1v) is 8.74. The Hall–Kier alpha value is 0.479. The van der Waals surface area contributed by atoms with Gasteiger partial charge in [0.05, 0.1) is 0 Å². The average molecular weight is 296 g/mol. The van der Waals surface area contributed by atoms with Crippen molar-refractivity contribution in [2.45, 2.75) is 89.3 Å². The molecule has 0 aromatic heterocycles. The standard InChI is InChI=1S/C16H34N.Fe/c1-3-5-7-9-11-13-15-17-16-14-12-10-8-6-4-2;/h3,17H,4-16H2,1-2H3;. The van der Waals surface area contributed by atoms with Crippen molar-refractivity contribution in [2.75, 3.05) is 13.1 Å². The van der Waals surface area contributed by atoms with Crippen molar-refractivity contribution in [3.63, 3.8) is 0 Å². The maximum absolute atomic E-state index is 4.02. The second-order valence-corrected chi connectivity index (χ2v) is 6.57. The molecule has 111 valence electrons. The van der Waals surface area contributed by atoms with Crippen LogP contribution in [0.4, 0.5) is 0 Å².